The third kappa shape index (κ3) is 11.5. The van der Waals surface area contributed by atoms with Crippen molar-refractivity contribution in [2.45, 2.75) is 92.7 Å². The summed E-state index contributed by atoms with van der Waals surface area (Å²) in [5.41, 5.74) is 0.601. The Morgan fingerprint density at radius 1 is 1.30 bits per heavy atom. The Morgan fingerprint density at radius 3 is 2.09 bits per heavy atom. The number of rotatable bonds is 6. The largest absolute Gasteiger partial charge is 0.271 e. The zero-order valence-electron chi connectivity index (χ0n) is 16.6. The van der Waals surface area contributed by atoms with Crippen LogP contribution in [0.2, 0.25) is 0 Å². The fourth-order valence-electron chi connectivity index (χ4n) is 1.91. The molecule has 23 heavy (non-hydrogen) atoms. The SMILES string of the molecule is C/C=C(\C)C(=O)NS(=O)C(C)C(C)CCC.CC.CC1CCC1. The fraction of sp³-hybridized carbons (Fsp3) is 0.842. The topological polar surface area (TPSA) is 46.2 Å². The molecular weight excluding hydrogens is 306 g/mol. The van der Waals surface area contributed by atoms with E-state index in [1.165, 1.54) is 19.3 Å². The van der Waals surface area contributed by atoms with Crippen LogP contribution in [0.25, 0.3) is 0 Å². The van der Waals surface area contributed by atoms with E-state index in [9.17, 15) is 9.00 Å². The van der Waals surface area contributed by atoms with E-state index in [4.69, 9.17) is 0 Å². The standard InChI is InChI=1S/C12H23NO2S.C5H10.C2H6/c1-6-8-10(4)11(5)16(15)13-12(14)9(3)7-2;1-5-3-2-4-5;1-2/h7,10-11H,6,8H2,1-5H3,(H,13,14);5H,2-4H2,1H3;1-2H3/b9-7+;;. The molecule has 0 aliphatic heterocycles. The Hall–Kier alpha value is -0.640. The lowest BCUT2D eigenvalue weighted by atomic mass is 9.88. The van der Waals surface area contributed by atoms with E-state index in [1.54, 1.807) is 19.9 Å². The summed E-state index contributed by atoms with van der Waals surface area (Å²) >= 11 is 0. The van der Waals surface area contributed by atoms with E-state index in [2.05, 4.69) is 25.5 Å². The lowest BCUT2D eigenvalue weighted by molar-refractivity contribution is -0.115. The van der Waals surface area contributed by atoms with Gasteiger partial charge in [0.1, 0.15) is 11.0 Å². The molecule has 0 aromatic heterocycles. The molecule has 1 aliphatic rings. The number of carbonyl (C=O) groups excluding carboxylic acids is 1. The highest BCUT2D eigenvalue weighted by molar-refractivity contribution is 7.84. The Bertz CT molecular complexity index is 362. The fourth-order valence-corrected chi connectivity index (χ4v) is 3.00. The molecule has 1 saturated carbocycles. The van der Waals surface area contributed by atoms with E-state index >= 15 is 0 Å². The van der Waals surface area contributed by atoms with Gasteiger partial charge in [0.2, 0.25) is 0 Å². The van der Waals surface area contributed by atoms with Crippen LogP contribution in [-0.2, 0) is 15.8 Å². The molecule has 3 atom stereocenters. The summed E-state index contributed by atoms with van der Waals surface area (Å²) in [4.78, 5) is 11.5. The zero-order chi connectivity index (χ0) is 18.4. The van der Waals surface area contributed by atoms with Crippen LogP contribution < -0.4 is 4.72 Å². The van der Waals surface area contributed by atoms with Gasteiger partial charge >= 0.3 is 0 Å². The molecule has 4 heteroatoms. The van der Waals surface area contributed by atoms with Gasteiger partial charge < -0.3 is 0 Å². The summed E-state index contributed by atoms with van der Waals surface area (Å²) in [5.74, 6) is 1.18. The first-order chi connectivity index (χ1) is 10.8. The lowest BCUT2D eigenvalue weighted by Gasteiger charge is -2.18. The van der Waals surface area contributed by atoms with Gasteiger partial charge in [0.15, 0.2) is 0 Å². The number of hydrogen-bond donors (Lipinski definition) is 1. The van der Waals surface area contributed by atoms with Crippen LogP contribution >= 0.6 is 0 Å². The first-order valence-electron chi connectivity index (χ1n) is 9.17. The average molecular weight is 346 g/mol. The second-order valence-electron chi connectivity index (χ2n) is 6.21. The molecule has 1 amide bonds. The monoisotopic (exact) mass is 345 g/mol. The van der Waals surface area contributed by atoms with Crippen LogP contribution in [0.5, 0.6) is 0 Å². The Balaban J connectivity index is 0. The van der Waals surface area contributed by atoms with Crippen molar-refractivity contribution in [1.82, 2.24) is 4.72 Å². The normalized spacial score (nSPS) is 18.2. The van der Waals surface area contributed by atoms with Gasteiger partial charge in [-0.3, -0.25) is 9.52 Å². The molecule has 1 rings (SSSR count). The minimum Gasteiger partial charge on any atom is -0.271 e. The van der Waals surface area contributed by atoms with Gasteiger partial charge in [0, 0.05) is 5.57 Å². The van der Waals surface area contributed by atoms with Crippen molar-refractivity contribution in [2.75, 3.05) is 0 Å². The molecule has 138 valence electrons. The van der Waals surface area contributed by atoms with Crippen LogP contribution in [0.3, 0.4) is 0 Å². The molecular formula is C19H39NO2S. The highest BCUT2D eigenvalue weighted by Crippen LogP contribution is 2.24. The molecule has 0 heterocycles. The van der Waals surface area contributed by atoms with Crippen molar-refractivity contribution >= 4 is 16.9 Å². The molecule has 0 radical (unpaired) electrons. The van der Waals surface area contributed by atoms with Crippen molar-refractivity contribution in [2.24, 2.45) is 11.8 Å². The smallest absolute Gasteiger partial charge is 0.258 e. The van der Waals surface area contributed by atoms with E-state index in [-0.39, 0.29) is 11.2 Å². The molecule has 3 unspecified atom stereocenters. The molecule has 1 N–H and O–H groups in total. The van der Waals surface area contributed by atoms with Crippen LogP contribution in [0.15, 0.2) is 11.6 Å². The van der Waals surface area contributed by atoms with E-state index in [0.717, 1.165) is 18.8 Å². The Morgan fingerprint density at radius 2 is 1.78 bits per heavy atom. The quantitative estimate of drug-likeness (QED) is 0.656. The van der Waals surface area contributed by atoms with Crippen molar-refractivity contribution in [3.05, 3.63) is 11.6 Å². The predicted octanol–water partition coefficient (Wildman–Crippen LogP) is 5.39. The summed E-state index contributed by atoms with van der Waals surface area (Å²) in [7, 11) is -1.29. The van der Waals surface area contributed by atoms with Gasteiger partial charge in [0.05, 0.1) is 5.25 Å². The molecule has 0 bridgehead atoms. The van der Waals surface area contributed by atoms with Gasteiger partial charge in [0.25, 0.3) is 5.91 Å². The molecule has 0 aromatic carbocycles. The number of allylic oxidation sites excluding steroid dienone is 1. The summed E-state index contributed by atoms with van der Waals surface area (Å²) in [6.07, 6.45) is 8.28. The maximum absolute atomic E-state index is 11.8. The molecule has 1 aliphatic carbocycles. The number of carbonyl (C=O) groups is 1. The highest BCUT2D eigenvalue weighted by Gasteiger charge is 2.20. The van der Waals surface area contributed by atoms with Crippen molar-refractivity contribution < 1.29 is 9.00 Å². The van der Waals surface area contributed by atoms with Gasteiger partial charge in [-0.1, -0.05) is 66.4 Å². The second-order valence-corrected chi connectivity index (χ2v) is 7.75. The van der Waals surface area contributed by atoms with Gasteiger partial charge in [-0.25, -0.2) is 4.21 Å². The maximum Gasteiger partial charge on any atom is 0.258 e. The first-order valence-corrected chi connectivity index (χ1v) is 10.4. The zero-order valence-corrected chi connectivity index (χ0v) is 17.4. The highest BCUT2D eigenvalue weighted by atomic mass is 32.2. The third-order valence-corrected chi connectivity index (χ3v) is 5.79. The number of amides is 1. The van der Waals surface area contributed by atoms with E-state index in [1.807, 2.05) is 20.8 Å². The minimum atomic E-state index is -1.29. The van der Waals surface area contributed by atoms with Crippen molar-refractivity contribution in [1.29, 1.82) is 0 Å². The Labute approximate surface area is 147 Å². The summed E-state index contributed by atoms with van der Waals surface area (Å²) in [5, 5.41) is -0.00597. The number of hydrogen-bond acceptors (Lipinski definition) is 2. The summed E-state index contributed by atoms with van der Waals surface area (Å²) in [6, 6.07) is 0. The van der Waals surface area contributed by atoms with E-state index < -0.39 is 11.0 Å². The molecule has 0 saturated heterocycles. The van der Waals surface area contributed by atoms with Crippen LogP contribution in [-0.4, -0.2) is 15.4 Å². The first kappa shape index (κ1) is 24.6. The molecule has 1 fully saturated rings. The van der Waals surface area contributed by atoms with Gasteiger partial charge in [-0.05, 0) is 39.0 Å². The average Bonchev–Trinajstić information content (AvgIpc) is 2.53. The summed E-state index contributed by atoms with van der Waals surface area (Å²) in [6.45, 7) is 15.9. The van der Waals surface area contributed by atoms with Crippen molar-refractivity contribution in [3.63, 3.8) is 0 Å². The molecule has 3 nitrogen and oxygen atoms in total. The second kappa shape index (κ2) is 14.9. The van der Waals surface area contributed by atoms with Crippen LogP contribution in [0, 0.1) is 11.8 Å². The Kier molecular flexibility index (Phi) is 16.0. The lowest BCUT2D eigenvalue weighted by Crippen LogP contribution is -2.35. The molecule has 0 aromatic rings. The van der Waals surface area contributed by atoms with Crippen LogP contribution in [0.1, 0.15) is 87.5 Å². The predicted molar refractivity (Wildman–Crippen MR) is 104 cm³/mol. The molecule has 0 spiro atoms. The third-order valence-electron chi connectivity index (χ3n) is 4.26. The van der Waals surface area contributed by atoms with Crippen molar-refractivity contribution in [3.8, 4) is 0 Å². The van der Waals surface area contributed by atoms with Crippen LogP contribution in [0.4, 0.5) is 0 Å². The number of nitrogens with one attached hydrogen (secondary N) is 1. The summed E-state index contributed by atoms with van der Waals surface area (Å²) < 4.78 is 14.4. The maximum atomic E-state index is 11.8. The van der Waals surface area contributed by atoms with Gasteiger partial charge in [-0.15, -0.1) is 0 Å². The van der Waals surface area contributed by atoms with E-state index in [0.29, 0.717) is 11.5 Å². The minimum absolute atomic E-state index is 0.00597. The van der Waals surface area contributed by atoms with Gasteiger partial charge in [-0.2, -0.15) is 0 Å².